The van der Waals surface area contributed by atoms with Crippen molar-refractivity contribution in [1.82, 2.24) is 14.6 Å². The summed E-state index contributed by atoms with van der Waals surface area (Å²) < 4.78 is 1.37. The van der Waals surface area contributed by atoms with Gasteiger partial charge in [-0.15, -0.1) is 16.4 Å². The molecule has 0 aliphatic carbocycles. The van der Waals surface area contributed by atoms with Gasteiger partial charge in [-0.05, 0) is 13.0 Å². The van der Waals surface area contributed by atoms with Crippen LogP contribution in [0.3, 0.4) is 0 Å². The van der Waals surface area contributed by atoms with Gasteiger partial charge in [0.1, 0.15) is 0 Å². The average Bonchev–Trinajstić information content (AvgIpc) is 2.87. The first-order valence-corrected chi connectivity index (χ1v) is 6.18. The van der Waals surface area contributed by atoms with Gasteiger partial charge in [0, 0.05) is 10.9 Å². The lowest BCUT2D eigenvalue weighted by molar-refractivity contribution is 0.0688. The van der Waals surface area contributed by atoms with E-state index in [1.54, 1.807) is 0 Å². The Bertz CT molecular complexity index is 745. The van der Waals surface area contributed by atoms with Crippen LogP contribution in [-0.4, -0.2) is 25.7 Å². The van der Waals surface area contributed by atoms with Crippen molar-refractivity contribution in [2.45, 2.75) is 6.92 Å². The first kappa shape index (κ1) is 10.9. The fraction of sp³-hybridized carbons (Fsp3) is 0.0833. The van der Waals surface area contributed by atoms with Gasteiger partial charge < -0.3 is 5.11 Å². The number of carbonyl (C=O) groups is 1. The monoisotopic (exact) mass is 259 g/mol. The van der Waals surface area contributed by atoms with E-state index in [1.165, 1.54) is 21.2 Å². The molecule has 1 N–H and O–H groups in total. The molecule has 90 valence electrons. The minimum Gasteiger partial charge on any atom is -0.476 e. The van der Waals surface area contributed by atoms with Crippen LogP contribution in [0, 0.1) is 6.92 Å². The highest BCUT2D eigenvalue weighted by molar-refractivity contribution is 7.15. The molecule has 2 heterocycles. The van der Waals surface area contributed by atoms with E-state index >= 15 is 0 Å². The molecule has 0 fully saturated rings. The van der Waals surface area contributed by atoms with Crippen molar-refractivity contribution >= 4 is 22.3 Å². The van der Waals surface area contributed by atoms with Gasteiger partial charge in [0.15, 0.2) is 11.5 Å². The van der Waals surface area contributed by atoms with Crippen LogP contribution in [0.15, 0.2) is 29.6 Å². The van der Waals surface area contributed by atoms with Gasteiger partial charge >= 0.3 is 5.97 Å². The van der Waals surface area contributed by atoms with Gasteiger partial charge in [0.05, 0.1) is 0 Å². The lowest BCUT2D eigenvalue weighted by Gasteiger charge is -1.96. The average molecular weight is 259 g/mol. The number of carboxylic acids is 1. The molecule has 0 unspecified atom stereocenters. The summed E-state index contributed by atoms with van der Waals surface area (Å²) in [5.74, 6) is -0.449. The third kappa shape index (κ3) is 1.67. The fourth-order valence-corrected chi connectivity index (χ4v) is 2.53. The Labute approximate surface area is 106 Å². The van der Waals surface area contributed by atoms with Crippen molar-refractivity contribution in [3.63, 3.8) is 0 Å². The molecule has 5 nitrogen and oxygen atoms in total. The quantitative estimate of drug-likeness (QED) is 0.767. The van der Waals surface area contributed by atoms with Crippen LogP contribution in [-0.2, 0) is 0 Å². The van der Waals surface area contributed by atoms with E-state index in [-0.39, 0.29) is 5.69 Å². The van der Waals surface area contributed by atoms with Crippen molar-refractivity contribution < 1.29 is 9.90 Å². The standard InChI is InChI=1S/C12H9N3O2S/c1-7-3-2-4-8(5-7)10-13-12-15(14-10)9(6-18-12)11(16)17/h2-6H,1H3,(H,16,17). The lowest BCUT2D eigenvalue weighted by Crippen LogP contribution is -2.01. The van der Waals surface area contributed by atoms with Crippen LogP contribution < -0.4 is 0 Å². The maximum Gasteiger partial charge on any atom is 0.355 e. The highest BCUT2D eigenvalue weighted by Gasteiger charge is 2.15. The summed E-state index contributed by atoms with van der Waals surface area (Å²) in [5.41, 5.74) is 2.15. The first-order chi connectivity index (χ1) is 8.65. The van der Waals surface area contributed by atoms with E-state index in [0.29, 0.717) is 10.8 Å². The smallest absolute Gasteiger partial charge is 0.355 e. The molecule has 3 aromatic rings. The van der Waals surface area contributed by atoms with Crippen molar-refractivity contribution in [3.8, 4) is 11.4 Å². The SMILES string of the molecule is Cc1cccc(-c2nc3scc(C(=O)O)n3n2)c1. The first-order valence-electron chi connectivity index (χ1n) is 5.30. The molecule has 0 amide bonds. The van der Waals surface area contributed by atoms with Crippen molar-refractivity contribution in [3.05, 3.63) is 40.9 Å². The minimum atomic E-state index is -0.998. The number of rotatable bonds is 2. The number of nitrogens with zero attached hydrogens (tertiary/aromatic N) is 3. The third-order valence-corrected chi connectivity index (χ3v) is 3.39. The number of hydrogen-bond acceptors (Lipinski definition) is 4. The summed E-state index contributed by atoms with van der Waals surface area (Å²) in [4.78, 5) is 15.9. The summed E-state index contributed by atoms with van der Waals surface area (Å²) in [7, 11) is 0. The topological polar surface area (TPSA) is 67.5 Å². The van der Waals surface area contributed by atoms with Crippen LogP contribution in [0.2, 0.25) is 0 Å². The molecule has 2 aromatic heterocycles. The van der Waals surface area contributed by atoms with Crippen LogP contribution in [0.4, 0.5) is 0 Å². The summed E-state index contributed by atoms with van der Waals surface area (Å²) in [6, 6.07) is 7.80. The summed E-state index contributed by atoms with van der Waals surface area (Å²) >= 11 is 1.27. The van der Waals surface area contributed by atoms with E-state index in [0.717, 1.165) is 11.1 Å². The van der Waals surface area contributed by atoms with E-state index in [4.69, 9.17) is 5.11 Å². The van der Waals surface area contributed by atoms with Crippen LogP contribution in [0.1, 0.15) is 16.1 Å². The van der Waals surface area contributed by atoms with Gasteiger partial charge in [0.25, 0.3) is 0 Å². The molecule has 3 rings (SSSR count). The zero-order valence-corrected chi connectivity index (χ0v) is 10.3. The Morgan fingerprint density at radius 2 is 2.28 bits per heavy atom. The molecule has 1 aromatic carbocycles. The number of aromatic carboxylic acids is 1. The molecule has 18 heavy (non-hydrogen) atoms. The molecule has 6 heteroatoms. The minimum absolute atomic E-state index is 0.140. The Balaban J connectivity index is 2.17. The van der Waals surface area contributed by atoms with Crippen molar-refractivity contribution in [2.75, 3.05) is 0 Å². The molecule has 0 bridgehead atoms. The van der Waals surface area contributed by atoms with E-state index in [9.17, 15) is 4.79 Å². The molecule has 0 saturated carbocycles. The normalized spacial score (nSPS) is 10.9. The maximum atomic E-state index is 11.0. The molecule has 0 saturated heterocycles. The Morgan fingerprint density at radius 1 is 1.44 bits per heavy atom. The number of hydrogen-bond donors (Lipinski definition) is 1. The van der Waals surface area contributed by atoms with Crippen molar-refractivity contribution in [1.29, 1.82) is 0 Å². The molecular weight excluding hydrogens is 250 g/mol. The summed E-state index contributed by atoms with van der Waals surface area (Å²) in [6.07, 6.45) is 0. The van der Waals surface area contributed by atoms with E-state index in [1.807, 2.05) is 31.2 Å². The summed E-state index contributed by atoms with van der Waals surface area (Å²) in [6.45, 7) is 1.99. The van der Waals surface area contributed by atoms with Crippen LogP contribution in [0.5, 0.6) is 0 Å². The van der Waals surface area contributed by atoms with Crippen molar-refractivity contribution in [2.24, 2.45) is 0 Å². The largest absolute Gasteiger partial charge is 0.476 e. The van der Waals surface area contributed by atoms with Gasteiger partial charge in [-0.25, -0.2) is 4.79 Å². The molecule has 0 aliphatic heterocycles. The highest BCUT2D eigenvalue weighted by Crippen LogP contribution is 2.21. The Hall–Kier alpha value is -2.21. The number of carboxylic acid groups (broad SMARTS) is 1. The number of aromatic nitrogens is 3. The zero-order chi connectivity index (χ0) is 12.7. The predicted octanol–water partition coefficient (Wildman–Crippen LogP) is 2.46. The highest BCUT2D eigenvalue weighted by atomic mass is 32.1. The third-order valence-electron chi connectivity index (χ3n) is 2.58. The number of aryl methyl sites for hydroxylation is 1. The van der Waals surface area contributed by atoms with Gasteiger partial charge in [-0.3, -0.25) is 0 Å². The molecule has 0 aliphatic rings. The Kier molecular flexibility index (Phi) is 2.38. The second-order valence-electron chi connectivity index (χ2n) is 3.93. The van der Waals surface area contributed by atoms with Crippen LogP contribution >= 0.6 is 11.3 Å². The van der Waals surface area contributed by atoms with E-state index in [2.05, 4.69) is 10.1 Å². The lowest BCUT2D eigenvalue weighted by atomic mass is 10.1. The number of fused-ring (bicyclic) bond motifs is 1. The van der Waals surface area contributed by atoms with Crippen LogP contribution in [0.25, 0.3) is 16.3 Å². The van der Waals surface area contributed by atoms with Gasteiger partial charge in [0.2, 0.25) is 4.96 Å². The molecular formula is C12H9N3O2S. The second-order valence-corrected chi connectivity index (χ2v) is 4.76. The number of thiazole rings is 1. The molecule has 0 atom stereocenters. The summed E-state index contributed by atoms with van der Waals surface area (Å²) in [5, 5.41) is 14.8. The molecule has 0 spiro atoms. The fourth-order valence-electron chi connectivity index (χ4n) is 1.74. The Morgan fingerprint density at radius 3 is 3.00 bits per heavy atom. The van der Waals surface area contributed by atoms with E-state index < -0.39 is 5.97 Å². The zero-order valence-electron chi connectivity index (χ0n) is 9.49. The van der Waals surface area contributed by atoms with Gasteiger partial charge in [-0.1, -0.05) is 23.8 Å². The predicted molar refractivity (Wildman–Crippen MR) is 68.0 cm³/mol. The number of benzene rings is 1. The molecule has 0 radical (unpaired) electrons. The van der Waals surface area contributed by atoms with Gasteiger partial charge in [-0.2, -0.15) is 9.50 Å². The maximum absolute atomic E-state index is 11.0. The second kappa shape index (κ2) is 3.92.